The predicted octanol–water partition coefficient (Wildman–Crippen LogP) is 6.99. The molecule has 3 aromatic carbocycles. The van der Waals surface area contributed by atoms with Gasteiger partial charge in [0.15, 0.2) is 11.5 Å². The normalized spacial score (nSPS) is 10.4. The molecule has 0 saturated heterocycles. The van der Waals surface area contributed by atoms with Crippen molar-refractivity contribution < 1.29 is 10.2 Å². The largest absolute Gasteiger partial charge is 0.504 e. The Labute approximate surface area is 213 Å². The van der Waals surface area contributed by atoms with Crippen LogP contribution < -0.4 is 10.6 Å². The van der Waals surface area contributed by atoms with Gasteiger partial charge in [-0.25, -0.2) is 0 Å². The molecule has 3 rings (SSSR count). The van der Waals surface area contributed by atoms with Crippen LogP contribution in [-0.4, -0.2) is 29.8 Å². The molecule has 0 saturated carbocycles. The summed E-state index contributed by atoms with van der Waals surface area (Å²) in [6.45, 7) is 3.08. The minimum Gasteiger partial charge on any atom is -0.504 e. The molecule has 32 heavy (non-hydrogen) atoms. The molecule has 0 heterocycles. The summed E-state index contributed by atoms with van der Waals surface area (Å²) < 4.78 is 0. The van der Waals surface area contributed by atoms with Crippen LogP contribution in [0.25, 0.3) is 10.8 Å². The van der Waals surface area contributed by atoms with Crippen LogP contribution in [0.15, 0.2) is 60.7 Å². The average Bonchev–Trinajstić information content (AvgIpc) is 2.78. The lowest BCUT2D eigenvalue weighted by atomic mass is 10.1. The Morgan fingerprint density at radius 2 is 1.28 bits per heavy atom. The topological polar surface area (TPSA) is 64.5 Å². The van der Waals surface area contributed by atoms with Gasteiger partial charge in [0.25, 0.3) is 0 Å². The summed E-state index contributed by atoms with van der Waals surface area (Å²) in [6, 6.07) is 19.8. The second-order valence-electron chi connectivity index (χ2n) is 7.87. The highest BCUT2D eigenvalue weighted by Gasteiger charge is 2.07. The van der Waals surface area contributed by atoms with Crippen molar-refractivity contribution in [1.82, 2.24) is 5.32 Å². The van der Waals surface area contributed by atoms with Gasteiger partial charge in [-0.05, 0) is 56.1 Å². The summed E-state index contributed by atoms with van der Waals surface area (Å²) in [6.07, 6.45) is 8.57. The molecule has 0 aliphatic heterocycles. The molecule has 0 aliphatic carbocycles. The Morgan fingerprint density at radius 3 is 2.03 bits per heavy atom. The lowest BCUT2D eigenvalue weighted by Gasteiger charge is -2.11. The average molecular weight is 568 g/mol. The second kappa shape index (κ2) is 15.9. The van der Waals surface area contributed by atoms with Gasteiger partial charge in [0.05, 0.1) is 0 Å². The molecular formula is C26H36Br2N2O2. The Morgan fingerprint density at radius 1 is 0.594 bits per heavy atom. The summed E-state index contributed by atoms with van der Waals surface area (Å²) >= 11 is 0. The summed E-state index contributed by atoms with van der Waals surface area (Å²) in [5.41, 5.74) is 2.40. The van der Waals surface area contributed by atoms with Crippen molar-refractivity contribution in [2.45, 2.75) is 44.9 Å². The van der Waals surface area contributed by atoms with Crippen molar-refractivity contribution in [2.75, 3.05) is 25.0 Å². The van der Waals surface area contributed by atoms with Gasteiger partial charge in [0.1, 0.15) is 0 Å². The molecular weight excluding hydrogens is 532 g/mol. The van der Waals surface area contributed by atoms with Crippen LogP contribution in [0.3, 0.4) is 0 Å². The van der Waals surface area contributed by atoms with Crippen LogP contribution in [0.4, 0.5) is 5.69 Å². The number of fused-ring (bicyclic) bond motifs is 1. The third-order valence-electron chi connectivity index (χ3n) is 5.54. The fourth-order valence-corrected chi connectivity index (χ4v) is 3.79. The van der Waals surface area contributed by atoms with Crippen LogP contribution in [0.2, 0.25) is 0 Å². The first kappa shape index (κ1) is 28.3. The van der Waals surface area contributed by atoms with Crippen LogP contribution in [0.5, 0.6) is 11.5 Å². The molecule has 0 aliphatic rings. The summed E-state index contributed by atoms with van der Waals surface area (Å²) in [5.74, 6) is -0.128. The maximum atomic E-state index is 10.0. The zero-order valence-corrected chi connectivity index (χ0v) is 22.0. The van der Waals surface area contributed by atoms with Crippen molar-refractivity contribution in [3.63, 3.8) is 0 Å². The molecule has 4 nitrogen and oxygen atoms in total. The van der Waals surface area contributed by atoms with E-state index in [0.29, 0.717) is 5.39 Å². The van der Waals surface area contributed by atoms with Gasteiger partial charge >= 0.3 is 0 Å². The van der Waals surface area contributed by atoms with E-state index in [0.717, 1.165) is 43.5 Å². The number of phenolic OH excluding ortho intramolecular Hbond substituents is 2. The molecule has 176 valence electrons. The van der Waals surface area contributed by atoms with Crippen LogP contribution in [-0.2, 0) is 6.42 Å². The van der Waals surface area contributed by atoms with Gasteiger partial charge in [0.2, 0.25) is 0 Å². The number of rotatable bonds is 13. The van der Waals surface area contributed by atoms with E-state index in [1.807, 2.05) is 24.3 Å². The van der Waals surface area contributed by atoms with Crippen molar-refractivity contribution in [3.8, 4) is 11.5 Å². The first-order valence-corrected chi connectivity index (χ1v) is 11.2. The van der Waals surface area contributed by atoms with E-state index in [9.17, 15) is 10.2 Å². The van der Waals surface area contributed by atoms with E-state index >= 15 is 0 Å². The molecule has 6 heteroatoms. The second-order valence-corrected chi connectivity index (χ2v) is 7.87. The van der Waals surface area contributed by atoms with Gasteiger partial charge in [-0.3, -0.25) is 0 Å². The molecule has 0 unspecified atom stereocenters. The highest BCUT2D eigenvalue weighted by atomic mass is 79.9. The highest BCUT2D eigenvalue weighted by Crippen LogP contribution is 2.36. The first-order valence-electron chi connectivity index (χ1n) is 11.2. The van der Waals surface area contributed by atoms with E-state index in [2.05, 4.69) is 41.0 Å². The highest BCUT2D eigenvalue weighted by molar-refractivity contribution is 8.93. The minimum atomic E-state index is -0.0777. The molecule has 0 atom stereocenters. The van der Waals surface area contributed by atoms with Gasteiger partial charge in [0, 0.05) is 23.0 Å². The lowest BCUT2D eigenvalue weighted by Crippen LogP contribution is -2.18. The van der Waals surface area contributed by atoms with Gasteiger partial charge in [-0.15, -0.1) is 34.0 Å². The molecule has 0 spiro atoms. The lowest BCUT2D eigenvalue weighted by molar-refractivity contribution is 0.408. The van der Waals surface area contributed by atoms with Crippen molar-refractivity contribution >= 4 is 50.4 Å². The van der Waals surface area contributed by atoms with Crippen molar-refractivity contribution in [3.05, 3.63) is 66.2 Å². The molecule has 3 aromatic rings. The molecule has 0 amide bonds. The smallest absolute Gasteiger partial charge is 0.165 e. The number of aromatic hydroxyl groups is 2. The number of halogens is 2. The molecule has 0 radical (unpaired) electrons. The van der Waals surface area contributed by atoms with Gasteiger partial charge in [-0.2, -0.15) is 0 Å². The maximum Gasteiger partial charge on any atom is 0.165 e. The Hall–Kier alpha value is -1.76. The molecule has 0 fully saturated rings. The number of hydrogen-bond acceptors (Lipinski definition) is 4. The summed E-state index contributed by atoms with van der Waals surface area (Å²) in [4.78, 5) is 0. The van der Waals surface area contributed by atoms with E-state index in [1.165, 1.54) is 37.7 Å². The SMILES string of the molecule is Br.Br.Oc1ccc2c(NCCCCCCCCNCCc3ccccc3)cccc2c1O. The van der Waals surface area contributed by atoms with E-state index in [-0.39, 0.29) is 45.5 Å². The zero-order chi connectivity index (χ0) is 21.0. The van der Waals surface area contributed by atoms with Crippen molar-refractivity contribution in [1.29, 1.82) is 0 Å². The minimum absolute atomic E-state index is 0. The summed E-state index contributed by atoms with van der Waals surface area (Å²) in [5, 5.41) is 28.3. The monoisotopic (exact) mass is 566 g/mol. The first-order chi connectivity index (χ1) is 14.8. The van der Waals surface area contributed by atoms with Crippen LogP contribution in [0, 0.1) is 0 Å². The molecule has 4 N–H and O–H groups in total. The van der Waals surface area contributed by atoms with Crippen LogP contribution >= 0.6 is 34.0 Å². The standard InChI is InChI=1S/C26H34N2O2.2BrH/c29-25-16-15-22-23(26(25)30)13-10-14-24(22)28-19-9-4-2-1-3-8-18-27-20-17-21-11-6-5-7-12-21;;/h5-7,10-16,27-30H,1-4,8-9,17-20H2;2*1H. The number of unbranched alkanes of at least 4 members (excludes halogenated alkanes) is 5. The Kier molecular flexibility index (Phi) is 14.1. The predicted molar refractivity (Wildman–Crippen MR) is 147 cm³/mol. The van der Waals surface area contributed by atoms with E-state index in [4.69, 9.17) is 0 Å². The zero-order valence-electron chi connectivity index (χ0n) is 18.6. The molecule has 0 aromatic heterocycles. The number of phenols is 2. The molecule has 0 bridgehead atoms. The van der Waals surface area contributed by atoms with Gasteiger partial charge < -0.3 is 20.8 Å². The van der Waals surface area contributed by atoms with Crippen molar-refractivity contribution in [2.24, 2.45) is 0 Å². The Bertz CT molecular complexity index is 907. The van der Waals surface area contributed by atoms with Crippen LogP contribution in [0.1, 0.15) is 44.1 Å². The van der Waals surface area contributed by atoms with E-state index in [1.54, 1.807) is 6.07 Å². The quantitative estimate of drug-likeness (QED) is 0.133. The van der Waals surface area contributed by atoms with E-state index < -0.39 is 0 Å². The summed E-state index contributed by atoms with van der Waals surface area (Å²) in [7, 11) is 0. The Balaban J connectivity index is 0.00000256. The fraction of sp³-hybridized carbons (Fsp3) is 0.385. The third kappa shape index (κ3) is 9.00. The maximum absolute atomic E-state index is 10.0. The number of nitrogens with one attached hydrogen (secondary N) is 2. The number of hydrogen-bond donors (Lipinski definition) is 4. The fourth-order valence-electron chi connectivity index (χ4n) is 3.79. The van der Waals surface area contributed by atoms with Gasteiger partial charge in [-0.1, -0.05) is 68.1 Å². The number of anilines is 1. The third-order valence-corrected chi connectivity index (χ3v) is 5.54. The number of benzene rings is 3.